The zero-order valence-electron chi connectivity index (χ0n) is 17.3. The van der Waals surface area contributed by atoms with Gasteiger partial charge in [-0.05, 0) is 81.0 Å². The molecule has 0 saturated heterocycles. The van der Waals surface area contributed by atoms with Crippen molar-refractivity contribution >= 4 is 29.9 Å². The van der Waals surface area contributed by atoms with Gasteiger partial charge in [-0.2, -0.15) is 18.2 Å². The van der Waals surface area contributed by atoms with Crippen LogP contribution in [0.2, 0.25) is 0 Å². The fraction of sp³-hybridized carbons (Fsp3) is 0.545. The fourth-order valence-electron chi connectivity index (χ4n) is 7.15. The highest BCUT2D eigenvalue weighted by atomic mass is 31.2. The van der Waals surface area contributed by atoms with Crippen molar-refractivity contribution in [2.75, 3.05) is 24.0 Å². The molecular weight excluding hydrogens is 424 g/mol. The number of nitrogens with one attached hydrogen (secondary N) is 2. The monoisotopic (exact) mass is 448 g/mol. The normalized spacial score (nSPS) is 34.8. The fourth-order valence-corrected chi connectivity index (χ4v) is 8.02. The molecule has 4 fully saturated rings. The summed E-state index contributed by atoms with van der Waals surface area (Å²) in [6, 6.07) is 6.98. The van der Waals surface area contributed by atoms with E-state index < -0.39 is 18.9 Å². The number of halogens is 3. The lowest BCUT2D eigenvalue weighted by Crippen LogP contribution is -2.91. The SMILES string of the molecule is CP(C)(=O)c1ccc(Nc2ncc(C(F)(F)F)c(NC34CC5CC6CC(C3)C654)n2)cc1. The number of nitrogens with zero attached hydrogens (tertiary/aromatic N) is 2. The van der Waals surface area contributed by atoms with Gasteiger partial charge in [0.2, 0.25) is 5.95 Å². The highest BCUT2D eigenvalue weighted by Crippen LogP contribution is 2.89. The Morgan fingerprint density at radius 3 is 2.23 bits per heavy atom. The molecule has 4 aliphatic rings. The van der Waals surface area contributed by atoms with Crippen LogP contribution in [0.15, 0.2) is 30.5 Å². The van der Waals surface area contributed by atoms with Crippen LogP contribution in [0.1, 0.15) is 31.2 Å². The quantitative estimate of drug-likeness (QED) is 0.624. The second kappa shape index (κ2) is 5.83. The lowest BCUT2D eigenvalue weighted by atomic mass is 9.15. The maximum atomic E-state index is 13.7. The van der Waals surface area contributed by atoms with Gasteiger partial charge in [-0.1, -0.05) is 0 Å². The molecule has 5 nitrogen and oxygen atoms in total. The maximum absolute atomic E-state index is 13.7. The summed E-state index contributed by atoms with van der Waals surface area (Å²) >= 11 is 0. The van der Waals surface area contributed by atoms with Crippen molar-refractivity contribution in [3.8, 4) is 0 Å². The summed E-state index contributed by atoms with van der Waals surface area (Å²) in [6.45, 7) is 3.38. The number of aromatic nitrogens is 2. The first-order valence-corrected chi connectivity index (χ1v) is 13.3. The first kappa shape index (κ1) is 19.6. The lowest BCUT2D eigenvalue weighted by molar-refractivity contribution is -0.379. The predicted molar refractivity (Wildman–Crippen MR) is 114 cm³/mol. The van der Waals surface area contributed by atoms with Crippen LogP contribution in [0.3, 0.4) is 0 Å². The van der Waals surface area contributed by atoms with Crippen molar-refractivity contribution in [1.29, 1.82) is 0 Å². The minimum Gasteiger partial charge on any atom is -0.363 e. The molecule has 1 spiro atoms. The van der Waals surface area contributed by atoms with Crippen LogP contribution in [-0.4, -0.2) is 28.8 Å². The van der Waals surface area contributed by atoms with Gasteiger partial charge in [0.25, 0.3) is 0 Å². The largest absolute Gasteiger partial charge is 0.421 e. The second-order valence-corrected chi connectivity index (χ2v) is 13.3. The van der Waals surface area contributed by atoms with Gasteiger partial charge in [0.1, 0.15) is 18.5 Å². The average Bonchev–Trinajstić information content (AvgIpc) is 2.61. The minimum absolute atomic E-state index is 0.110. The topological polar surface area (TPSA) is 66.9 Å². The van der Waals surface area contributed by atoms with Crippen molar-refractivity contribution in [3.05, 3.63) is 36.0 Å². The summed E-state index contributed by atoms with van der Waals surface area (Å²) in [5.41, 5.74) is -0.178. The zero-order valence-corrected chi connectivity index (χ0v) is 18.2. The van der Waals surface area contributed by atoms with E-state index in [0.717, 1.165) is 24.3 Å². The number of anilines is 3. The van der Waals surface area contributed by atoms with Crippen molar-refractivity contribution in [2.24, 2.45) is 23.2 Å². The summed E-state index contributed by atoms with van der Waals surface area (Å²) in [7, 11) is -2.38. The van der Waals surface area contributed by atoms with E-state index in [1.807, 2.05) is 0 Å². The summed E-state index contributed by atoms with van der Waals surface area (Å²) in [5.74, 6) is 2.02. The Labute approximate surface area is 178 Å². The molecule has 4 aliphatic carbocycles. The van der Waals surface area contributed by atoms with Crippen molar-refractivity contribution in [2.45, 2.75) is 37.4 Å². The maximum Gasteiger partial charge on any atom is 0.421 e. The van der Waals surface area contributed by atoms with Gasteiger partial charge in [0.05, 0.1) is 0 Å². The molecule has 0 aliphatic heterocycles. The van der Waals surface area contributed by atoms with Crippen LogP contribution in [0.4, 0.5) is 30.6 Å². The molecule has 0 amide bonds. The first-order valence-electron chi connectivity index (χ1n) is 10.7. The Morgan fingerprint density at radius 2 is 1.71 bits per heavy atom. The minimum atomic E-state index is -4.52. The molecule has 1 heterocycles. The molecular formula is C22H24F3N4OP. The Bertz CT molecular complexity index is 1100. The van der Waals surface area contributed by atoms with Crippen molar-refractivity contribution in [1.82, 2.24) is 9.97 Å². The van der Waals surface area contributed by atoms with Gasteiger partial charge in [-0.3, -0.25) is 0 Å². The first-order chi connectivity index (χ1) is 14.5. The van der Waals surface area contributed by atoms with E-state index >= 15 is 0 Å². The molecule has 4 saturated carbocycles. The van der Waals surface area contributed by atoms with Crippen LogP contribution in [0.25, 0.3) is 0 Å². The van der Waals surface area contributed by atoms with Gasteiger partial charge in [0, 0.05) is 28.1 Å². The van der Waals surface area contributed by atoms with Crippen LogP contribution in [-0.2, 0) is 10.7 Å². The standard InChI is InChI=1S/C22H24F3N4OP/c1-31(2,30)16-5-3-15(4-6-16)27-19-26-11-17(22(23,24)25)18(28-19)29-20-9-13-7-12-8-14(10-20)21(12,13)20/h3-6,11-14H,7-10H2,1-2H3,(H2,26,27,28,29). The Morgan fingerprint density at radius 1 is 1.06 bits per heavy atom. The molecule has 2 atom stereocenters. The number of hydrogen-bond acceptors (Lipinski definition) is 5. The molecule has 2 unspecified atom stereocenters. The lowest BCUT2D eigenvalue weighted by Gasteiger charge is -2.91. The molecule has 6 rings (SSSR count). The highest BCUT2D eigenvalue weighted by molar-refractivity contribution is 7.70. The van der Waals surface area contributed by atoms with Crippen molar-refractivity contribution < 1.29 is 17.7 Å². The van der Waals surface area contributed by atoms with Gasteiger partial charge in [-0.15, -0.1) is 0 Å². The van der Waals surface area contributed by atoms with Gasteiger partial charge >= 0.3 is 6.18 Å². The molecule has 1 aromatic heterocycles. The van der Waals surface area contributed by atoms with Crippen LogP contribution < -0.4 is 15.9 Å². The Kier molecular flexibility index (Phi) is 3.68. The molecule has 31 heavy (non-hydrogen) atoms. The third kappa shape index (κ3) is 2.48. The molecule has 164 valence electrons. The van der Waals surface area contributed by atoms with E-state index in [9.17, 15) is 17.7 Å². The molecule has 1 aromatic carbocycles. The third-order valence-electron chi connectivity index (χ3n) is 8.38. The molecule has 0 bridgehead atoms. The summed E-state index contributed by atoms with van der Waals surface area (Å²) < 4.78 is 53.2. The number of benzene rings is 1. The van der Waals surface area contributed by atoms with E-state index in [0.29, 0.717) is 23.4 Å². The molecule has 0 radical (unpaired) electrons. The van der Waals surface area contributed by atoms with Gasteiger partial charge in [-0.25, -0.2) is 4.98 Å². The highest BCUT2D eigenvalue weighted by Gasteiger charge is 2.88. The van der Waals surface area contributed by atoms with E-state index in [-0.39, 0.29) is 22.7 Å². The predicted octanol–water partition coefficient (Wildman–Crippen LogP) is 5.09. The van der Waals surface area contributed by atoms with Gasteiger partial charge in [0.15, 0.2) is 0 Å². The summed E-state index contributed by atoms with van der Waals surface area (Å²) in [5, 5.41) is 6.98. The molecule has 2 aromatic rings. The number of hydrogen-bond donors (Lipinski definition) is 2. The van der Waals surface area contributed by atoms with Crippen LogP contribution in [0.5, 0.6) is 0 Å². The molecule has 2 N–H and O–H groups in total. The smallest absolute Gasteiger partial charge is 0.363 e. The second-order valence-electron chi connectivity index (χ2n) is 10.1. The Balaban J connectivity index is 1.28. The average molecular weight is 448 g/mol. The van der Waals surface area contributed by atoms with Crippen LogP contribution >= 0.6 is 7.14 Å². The van der Waals surface area contributed by atoms with E-state index in [1.165, 1.54) is 12.8 Å². The summed E-state index contributed by atoms with van der Waals surface area (Å²) in [6.07, 6.45) is 0.699. The van der Waals surface area contributed by atoms with Crippen LogP contribution in [0, 0.1) is 23.2 Å². The molecule has 9 heteroatoms. The zero-order chi connectivity index (χ0) is 21.8. The van der Waals surface area contributed by atoms with Gasteiger partial charge < -0.3 is 15.2 Å². The van der Waals surface area contributed by atoms with Crippen molar-refractivity contribution in [3.63, 3.8) is 0 Å². The number of alkyl halides is 3. The Hall–Kier alpha value is -2.08. The van der Waals surface area contributed by atoms with E-state index in [2.05, 4.69) is 20.6 Å². The number of rotatable bonds is 5. The van der Waals surface area contributed by atoms with E-state index in [1.54, 1.807) is 37.6 Å². The summed E-state index contributed by atoms with van der Waals surface area (Å²) in [4.78, 5) is 8.17. The van der Waals surface area contributed by atoms with E-state index in [4.69, 9.17) is 0 Å². The third-order valence-corrected chi connectivity index (χ3v) is 9.92.